The molecule has 1 aliphatic heterocycles. The average Bonchev–Trinajstić information content (AvgIpc) is 3.01. The van der Waals surface area contributed by atoms with Gasteiger partial charge in [-0.2, -0.15) is 5.10 Å². The minimum atomic E-state index is -0.214. The van der Waals surface area contributed by atoms with E-state index in [4.69, 9.17) is 9.15 Å². The van der Waals surface area contributed by atoms with Gasteiger partial charge in [-0.1, -0.05) is 0 Å². The summed E-state index contributed by atoms with van der Waals surface area (Å²) in [5, 5.41) is 10.5. The predicted octanol–water partition coefficient (Wildman–Crippen LogP) is 3.41. The molecule has 7 nitrogen and oxygen atoms in total. The number of aromatic nitrogens is 2. The Labute approximate surface area is 146 Å². The minimum Gasteiger partial charge on any atom is -0.463 e. The lowest BCUT2D eigenvalue weighted by molar-refractivity contribution is 0.0829. The van der Waals surface area contributed by atoms with Crippen LogP contribution in [0.15, 0.2) is 28.9 Å². The Balaban J connectivity index is 1.46. The van der Waals surface area contributed by atoms with E-state index in [0.717, 1.165) is 13.0 Å². The quantitative estimate of drug-likeness (QED) is 0.871. The SMILES string of the molecule is CC(C)n1nc(-c2ccco2)cc1NC(=O)N[C@H]1CCO[C@@H]1C1CC1. The first-order chi connectivity index (χ1) is 12.1. The van der Waals surface area contributed by atoms with E-state index in [1.807, 2.05) is 32.0 Å². The monoisotopic (exact) mass is 344 g/mol. The lowest BCUT2D eigenvalue weighted by Crippen LogP contribution is -2.43. The van der Waals surface area contributed by atoms with Crippen LogP contribution in [-0.4, -0.2) is 34.6 Å². The van der Waals surface area contributed by atoms with Crippen molar-refractivity contribution < 1.29 is 13.9 Å². The number of furan rings is 1. The van der Waals surface area contributed by atoms with Crippen LogP contribution in [0.2, 0.25) is 0 Å². The molecule has 25 heavy (non-hydrogen) atoms. The summed E-state index contributed by atoms with van der Waals surface area (Å²) in [6.07, 6.45) is 5.06. The van der Waals surface area contributed by atoms with Gasteiger partial charge in [0.15, 0.2) is 5.76 Å². The molecule has 0 bridgehead atoms. The molecule has 1 saturated heterocycles. The molecule has 3 heterocycles. The molecule has 2 N–H and O–H groups in total. The maximum Gasteiger partial charge on any atom is 0.320 e. The van der Waals surface area contributed by atoms with E-state index in [-0.39, 0.29) is 24.2 Å². The van der Waals surface area contributed by atoms with Crippen molar-refractivity contribution in [3.63, 3.8) is 0 Å². The zero-order valence-corrected chi connectivity index (χ0v) is 14.6. The second-order valence-electron chi connectivity index (χ2n) is 7.10. The highest BCUT2D eigenvalue weighted by Gasteiger charge is 2.41. The molecule has 2 amide bonds. The fourth-order valence-electron chi connectivity index (χ4n) is 3.40. The first-order valence-electron chi connectivity index (χ1n) is 8.94. The maximum absolute atomic E-state index is 12.5. The molecule has 2 aliphatic rings. The summed E-state index contributed by atoms with van der Waals surface area (Å²) in [6.45, 7) is 4.77. The van der Waals surface area contributed by atoms with Crippen molar-refractivity contribution >= 4 is 11.8 Å². The summed E-state index contributed by atoms with van der Waals surface area (Å²) in [5.41, 5.74) is 0.703. The Bertz CT molecular complexity index is 734. The first-order valence-corrected chi connectivity index (χ1v) is 8.94. The van der Waals surface area contributed by atoms with Crippen LogP contribution in [0.3, 0.4) is 0 Å². The lowest BCUT2D eigenvalue weighted by atomic mass is 10.1. The van der Waals surface area contributed by atoms with E-state index in [9.17, 15) is 4.79 Å². The molecule has 2 aromatic heterocycles. The molecule has 1 aliphatic carbocycles. The van der Waals surface area contributed by atoms with Crippen LogP contribution in [0.4, 0.5) is 10.6 Å². The van der Waals surface area contributed by atoms with Crippen molar-refractivity contribution in [3.8, 4) is 11.5 Å². The topological polar surface area (TPSA) is 81.3 Å². The Morgan fingerprint density at radius 1 is 1.36 bits per heavy atom. The smallest absolute Gasteiger partial charge is 0.320 e. The first kappa shape index (κ1) is 16.2. The summed E-state index contributed by atoms with van der Waals surface area (Å²) in [4.78, 5) is 12.5. The molecule has 2 aromatic rings. The zero-order valence-electron chi connectivity index (χ0n) is 14.6. The second kappa shape index (κ2) is 6.55. The molecule has 2 fully saturated rings. The Morgan fingerprint density at radius 2 is 2.20 bits per heavy atom. The van der Waals surface area contributed by atoms with Gasteiger partial charge in [-0.25, -0.2) is 9.48 Å². The average molecular weight is 344 g/mol. The number of nitrogens with one attached hydrogen (secondary N) is 2. The predicted molar refractivity (Wildman–Crippen MR) is 93.3 cm³/mol. The number of hydrogen-bond donors (Lipinski definition) is 2. The third-order valence-electron chi connectivity index (χ3n) is 4.78. The third kappa shape index (κ3) is 3.42. The summed E-state index contributed by atoms with van der Waals surface area (Å²) >= 11 is 0. The minimum absolute atomic E-state index is 0.0902. The van der Waals surface area contributed by atoms with Crippen LogP contribution < -0.4 is 10.6 Å². The van der Waals surface area contributed by atoms with Gasteiger partial charge < -0.3 is 14.5 Å². The molecule has 134 valence electrons. The van der Waals surface area contributed by atoms with Gasteiger partial charge in [0.2, 0.25) is 0 Å². The van der Waals surface area contributed by atoms with Gasteiger partial charge in [-0.05, 0) is 51.2 Å². The number of hydrogen-bond acceptors (Lipinski definition) is 4. The highest BCUT2D eigenvalue weighted by Crippen LogP contribution is 2.38. The van der Waals surface area contributed by atoms with E-state index in [1.54, 1.807) is 10.9 Å². The van der Waals surface area contributed by atoms with Crippen LogP contribution in [0, 0.1) is 5.92 Å². The summed E-state index contributed by atoms with van der Waals surface area (Å²) < 4.78 is 13.0. The van der Waals surface area contributed by atoms with Crippen LogP contribution in [0.1, 0.15) is 39.2 Å². The van der Waals surface area contributed by atoms with Gasteiger partial charge >= 0.3 is 6.03 Å². The number of ether oxygens (including phenoxy) is 1. The second-order valence-corrected chi connectivity index (χ2v) is 7.10. The molecule has 7 heteroatoms. The van der Waals surface area contributed by atoms with Gasteiger partial charge in [-0.3, -0.25) is 5.32 Å². The number of nitrogens with zero attached hydrogens (tertiary/aromatic N) is 2. The highest BCUT2D eigenvalue weighted by atomic mass is 16.5. The molecule has 0 spiro atoms. The van der Waals surface area contributed by atoms with E-state index < -0.39 is 0 Å². The lowest BCUT2D eigenvalue weighted by Gasteiger charge is -2.20. The van der Waals surface area contributed by atoms with Crippen molar-refractivity contribution in [2.45, 2.75) is 51.3 Å². The highest BCUT2D eigenvalue weighted by molar-refractivity contribution is 5.89. The summed E-state index contributed by atoms with van der Waals surface area (Å²) in [6, 6.07) is 5.51. The van der Waals surface area contributed by atoms with Crippen LogP contribution in [0.25, 0.3) is 11.5 Å². The van der Waals surface area contributed by atoms with Crippen molar-refractivity contribution in [2.75, 3.05) is 11.9 Å². The Kier molecular flexibility index (Phi) is 4.25. The molecule has 0 radical (unpaired) electrons. The summed E-state index contributed by atoms with van der Waals surface area (Å²) in [5.74, 6) is 1.95. The van der Waals surface area contributed by atoms with Gasteiger partial charge in [0.25, 0.3) is 0 Å². The van der Waals surface area contributed by atoms with Gasteiger partial charge in [0.1, 0.15) is 11.5 Å². The number of carbonyl (C=O) groups is 1. The van der Waals surface area contributed by atoms with Crippen LogP contribution in [-0.2, 0) is 4.74 Å². The fraction of sp³-hybridized carbons (Fsp3) is 0.556. The molecule has 1 saturated carbocycles. The fourth-order valence-corrected chi connectivity index (χ4v) is 3.40. The normalized spacial score (nSPS) is 23.2. The molecule has 2 atom stereocenters. The zero-order chi connectivity index (χ0) is 17.4. The van der Waals surface area contributed by atoms with Crippen molar-refractivity contribution in [2.24, 2.45) is 5.92 Å². The van der Waals surface area contributed by atoms with E-state index in [1.165, 1.54) is 12.8 Å². The van der Waals surface area contributed by atoms with Crippen molar-refractivity contribution in [1.82, 2.24) is 15.1 Å². The van der Waals surface area contributed by atoms with E-state index in [2.05, 4.69) is 15.7 Å². The van der Waals surface area contributed by atoms with Gasteiger partial charge in [-0.15, -0.1) is 0 Å². The number of urea groups is 1. The number of anilines is 1. The molecule has 0 unspecified atom stereocenters. The third-order valence-corrected chi connectivity index (χ3v) is 4.78. The van der Waals surface area contributed by atoms with Crippen molar-refractivity contribution in [1.29, 1.82) is 0 Å². The molecular formula is C18H24N4O3. The largest absolute Gasteiger partial charge is 0.463 e. The number of rotatable bonds is 5. The Hall–Kier alpha value is -2.28. The van der Waals surface area contributed by atoms with Gasteiger partial charge in [0, 0.05) is 18.7 Å². The maximum atomic E-state index is 12.5. The summed E-state index contributed by atoms with van der Waals surface area (Å²) in [7, 11) is 0. The van der Waals surface area contributed by atoms with Crippen molar-refractivity contribution in [3.05, 3.63) is 24.5 Å². The molecular weight excluding hydrogens is 320 g/mol. The van der Waals surface area contributed by atoms with E-state index >= 15 is 0 Å². The van der Waals surface area contributed by atoms with E-state index in [0.29, 0.717) is 23.2 Å². The Morgan fingerprint density at radius 3 is 2.88 bits per heavy atom. The number of carbonyl (C=O) groups excluding carboxylic acids is 1. The molecule has 4 rings (SSSR count). The van der Waals surface area contributed by atoms with Gasteiger partial charge in [0.05, 0.1) is 18.4 Å². The standard InChI is InChI=1S/C18H24N4O3/c1-11(2)22-16(10-14(21-22)15-4-3-8-24-15)20-18(23)19-13-7-9-25-17(13)12-5-6-12/h3-4,8,10-13,17H,5-7,9H2,1-2H3,(H2,19,20,23)/t13-,17+/m0/s1. The van der Waals surface area contributed by atoms with Crippen LogP contribution >= 0.6 is 0 Å². The number of amides is 2. The van der Waals surface area contributed by atoms with Crippen LogP contribution in [0.5, 0.6) is 0 Å². The molecule has 0 aromatic carbocycles.